The van der Waals surface area contributed by atoms with Gasteiger partial charge in [0, 0.05) is 50.5 Å². The molecule has 168 valence electrons. The van der Waals surface area contributed by atoms with E-state index in [0.717, 1.165) is 63.4 Å². The van der Waals surface area contributed by atoms with E-state index in [4.69, 9.17) is 4.74 Å². The molecule has 2 aromatic heterocycles. The minimum Gasteiger partial charge on any atom is -0.378 e. The minimum atomic E-state index is 0.255. The number of ether oxygens (including phenoxy) is 1. The summed E-state index contributed by atoms with van der Waals surface area (Å²) < 4.78 is 5.43. The van der Waals surface area contributed by atoms with E-state index in [1.54, 1.807) is 6.33 Å². The average molecular weight is 437 g/mol. The number of morpholine rings is 1. The molecule has 1 aromatic carbocycles. The predicted molar refractivity (Wildman–Crippen MR) is 123 cm³/mol. The van der Waals surface area contributed by atoms with E-state index in [2.05, 4.69) is 59.7 Å². The van der Waals surface area contributed by atoms with Crippen LogP contribution >= 0.6 is 0 Å². The number of aromatic amines is 1. The predicted octanol–water partition coefficient (Wildman–Crippen LogP) is 2.36. The maximum atomic E-state index is 11.7. The zero-order chi connectivity index (χ0) is 21.8. The van der Waals surface area contributed by atoms with Crippen molar-refractivity contribution >= 4 is 40.2 Å². The van der Waals surface area contributed by atoms with Gasteiger partial charge in [0.2, 0.25) is 11.9 Å². The summed E-state index contributed by atoms with van der Waals surface area (Å²) in [7, 11) is 0. The number of anilines is 4. The molecule has 0 atom stereocenters. The first kappa shape index (κ1) is 20.5. The molecule has 0 radical (unpaired) electrons. The van der Waals surface area contributed by atoms with Crippen LogP contribution in [0.15, 0.2) is 30.6 Å². The topological polar surface area (TPSA) is 111 Å². The highest BCUT2D eigenvalue weighted by Crippen LogP contribution is 2.25. The highest BCUT2D eigenvalue weighted by atomic mass is 16.5. The largest absolute Gasteiger partial charge is 0.378 e. The second-order valence-corrected chi connectivity index (χ2v) is 8.03. The number of nitrogens with zero attached hydrogens (tertiary/aromatic N) is 5. The van der Waals surface area contributed by atoms with E-state index in [-0.39, 0.29) is 5.91 Å². The van der Waals surface area contributed by atoms with E-state index in [1.807, 2.05) is 4.90 Å². The van der Waals surface area contributed by atoms with Crippen molar-refractivity contribution in [3.8, 4) is 0 Å². The number of hydrogen-bond acceptors (Lipinski definition) is 8. The Balaban J connectivity index is 1.24. The Morgan fingerprint density at radius 2 is 1.94 bits per heavy atom. The normalized spacial score (nSPS) is 16.7. The van der Waals surface area contributed by atoms with Gasteiger partial charge in [0.1, 0.15) is 5.52 Å². The minimum absolute atomic E-state index is 0.255. The molecule has 3 N–H and O–H groups in total. The van der Waals surface area contributed by atoms with Crippen molar-refractivity contribution in [2.24, 2.45) is 0 Å². The molecule has 2 aliphatic heterocycles. The Morgan fingerprint density at radius 3 is 2.72 bits per heavy atom. The summed E-state index contributed by atoms with van der Waals surface area (Å²) >= 11 is 0. The first-order chi connectivity index (χ1) is 15.8. The van der Waals surface area contributed by atoms with Crippen LogP contribution in [0.2, 0.25) is 0 Å². The van der Waals surface area contributed by atoms with Gasteiger partial charge in [-0.1, -0.05) is 0 Å². The number of nitrogens with one attached hydrogen (secondary N) is 3. The van der Waals surface area contributed by atoms with Crippen LogP contribution in [0.25, 0.3) is 11.2 Å². The van der Waals surface area contributed by atoms with Gasteiger partial charge in [-0.15, -0.1) is 0 Å². The zero-order valence-corrected chi connectivity index (χ0v) is 18.0. The molecule has 32 heavy (non-hydrogen) atoms. The molecule has 0 bridgehead atoms. The van der Waals surface area contributed by atoms with Crippen molar-refractivity contribution in [1.82, 2.24) is 24.8 Å². The summed E-state index contributed by atoms with van der Waals surface area (Å²) in [6.07, 6.45) is 4.11. The first-order valence-electron chi connectivity index (χ1n) is 11.2. The summed E-state index contributed by atoms with van der Waals surface area (Å²) in [4.78, 5) is 32.5. The van der Waals surface area contributed by atoms with Gasteiger partial charge in [-0.2, -0.15) is 9.97 Å². The van der Waals surface area contributed by atoms with Crippen LogP contribution in [0.5, 0.6) is 0 Å². The Bertz CT molecular complexity index is 1060. The molecule has 4 heterocycles. The second-order valence-electron chi connectivity index (χ2n) is 8.03. The van der Waals surface area contributed by atoms with E-state index in [1.165, 1.54) is 5.69 Å². The standard InChI is InChI=1S/C22H28N8O2/c31-18-3-1-9-30(18)10-2-8-23-22-27-20-19(24-15-25-20)21(28-22)26-16-4-6-17(7-5-16)29-11-13-32-14-12-29/h4-7,15H,1-3,8-14H2,(H3,23,24,25,26,27,28). The molecule has 3 aromatic rings. The third-order valence-electron chi connectivity index (χ3n) is 5.85. The molecule has 1 amide bonds. The second kappa shape index (κ2) is 9.39. The number of carbonyl (C=O) groups excluding carboxylic acids is 1. The van der Waals surface area contributed by atoms with Crippen LogP contribution in [-0.2, 0) is 9.53 Å². The summed E-state index contributed by atoms with van der Waals surface area (Å²) in [6.45, 7) is 5.67. The molecule has 2 fully saturated rings. The molecule has 5 rings (SSSR count). The smallest absolute Gasteiger partial charge is 0.226 e. The van der Waals surface area contributed by atoms with E-state index in [9.17, 15) is 4.79 Å². The number of benzene rings is 1. The van der Waals surface area contributed by atoms with Crippen LogP contribution in [0.1, 0.15) is 19.3 Å². The zero-order valence-electron chi connectivity index (χ0n) is 18.0. The number of amides is 1. The molecule has 0 unspecified atom stereocenters. The highest BCUT2D eigenvalue weighted by molar-refractivity contribution is 5.86. The van der Waals surface area contributed by atoms with Crippen molar-refractivity contribution in [3.63, 3.8) is 0 Å². The summed E-state index contributed by atoms with van der Waals surface area (Å²) in [5.41, 5.74) is 3.49. The lowest BCUT2D eigenvalue weighted by molar-refractivity contribution is -0.127. The molecule has 10 heteroatoms. The first-order valence-corrected chi connectivity index (χ1v) is 11.2. The molecule has 2 saturated heterocycles. The highest BCUT2D eigenvalue weighted by Gasteiger charge is 2.19. The van der Waals surface area contributed by atoms with Gasteiger partial charge < -0.3 is 30.2 Å². The van der Waals surface area contributed by atoms with Gasteiger partial charge >= 0.3 is 0 Å². The lowest BCUT2D eigenvalue weighted by Crippen LogP contribution is -2.36. The lowest BCUT2D eigenvalue weighted by atomic mass is 10.2. The Kier molecular flexibility index (Phi) is 6.02. The monoisotopic (exact) mass is 436 g/mol. The average Bonchev–Trinajstić information content (AvgIpc) is 3.47. The van der Waals surface area contributed by atoms with Gasteiger partial charge in [-0.25, -0.2) is 4.98 Å². The number of carbonyl (C=O) groups is 1. The van der Waals surface area contributed by atoms with Crippen LogP contribution in [-0.4, -0.2) is 76.7 Å². The van der Waals surface area contributed by atoms with Gasteiger partial charge in [-0.3, -0.25) is 4.79 Å². The Labute approximate surface area is 186 Å². The fraction of sp³-hybridized carbons (Fsp3) is 0.455. The fourth-order valence-corrected chi connectivity index (χ4v) is 4.13. The molecule has 0 spiro atoms. The molecular weight excluding hydrogens is 408 g/mol. The van der Waals surface area contributed by atoms with E-state index in [0.29, 0.717) is 30.4 Å². The number of H-pyrrole nitrogens is 1. The van der Waals surface area contributed by atoms with Crippen molar-refractivity contribution in [3.05, 3.63) is 30.6 Å². The third kappa shape index (κ3) is 4.59. The SMILES string of the molecule is O=C1CCCN1CCCNc1nc(Nc2ccc(N3CCOCC3)cc2)c2[nH]cnc2n1. The third-order valence-corrected chi connectivity index (χ3v) is 5.85. The number of imidazole rings is 1. The van der Waals surface area contributed by atoms with Gasteiger partial charge in [0.05, 0.1) is 19.5 Å². The van der Waals surface area contributed by atoms with Crippen molar-refractivity contribution in [1.29, 1.82) is 0 Å². The maximum Gasteiger partial charge on any atom is 0.226 e. The van der Waals surface area contributed by atoms with Crippen molar-refractivity contribution in [2.75, 3.05) is 61.5 Å². The molecule has 0 saturated carbocycles. The van der Waals surface area contributed by atoms with Crippen molar-refractivity contribution in [2.45, 2.75) is 19.3 Å². The number of aromatic nitrogens is 4. The number of rotatable bonds is 8. The van der Waals surface area contributed by atoms with E-state index >= 15 is 0 Å². The molecule has 10 nitrogen and oxygen atoms in total. The molecular formula is C22H28N8O2. The van der Waals surface area contributed by atoms with Crippen molar-refractivity contribution < 1.29 is 9.53 Å². The lowest BCUT2D eigenvalue weighted by Gasteiger charge is -2.28. The number of fused-ring (bicyclic) bond motifs is 1. The van der Waals surface area contributed by atoms with Crippen LogP contribution in [0.4, 0.5) is 23.1 Å². The number of hydrogen-bond donors (Lipinski definition) is 3. The Hall–Kier alpha value is -3.40. The van der Waals surface area contributed by atoms with Crippen LogP contribution < -0.4 is 15.5 Å². The van der Waals surface area contributed by atoms with Crippen LogP contribution in [0, 0.1) is 0 Å². The Morgan fingerprint density at radius 1 is 1.09 bits per heavy atom. The van der Waals surface area contributed by atoms with Gasteiger partial charge in [0.15, 0.2) is 11.5 Å². The summed E-state index contributed by atoms with van der Waals surface area (Å²) in [5.74, 6) is 1.44. The molecule has 0 aliphatic carbocycles. The quantitative estimate of drug-likeness (QED) is 0.462. The van der Waals surface area contributed by atoms with E-state index < -0.39 is 0 Å². The van der Waals surface area contributed by atoms with Gasteiger partial charge in [0.25, 0.3) is 0 Å². The number of likely N-dealkylation sites (tertiary alicyclic amines) is 1. The molecule has 2 aliphatic rings. The van der Waals surface area contributed by atoms with Crippen LogP contribution in [0.3, 0.4) is 0 Å². The summed E-state index contributed by atoms with van der Waals surface area (Å²) in [6, 6.07) is 8.32. The van der Waals surface area contributed by atoms with Gasteiger partial charge in [-0.05, 0) is 37.1 Å². The maximum absolute atomic E-state index is 11.7. The fourth-order valence-electron chi connectivity index (χ4n) is 4.13. The summed E-state index contributed by atoms with van der Waals surface area (Å²) in [5, 5.41) is 6.66.